The van der Waals surface area contributed by atoms with Crippen molar-refractivity contribution in [1.29, 1.82) is 0 Å². The highest BCUT2D eigenvalue weighted by Gasteiger charge is 2.26. The highest BCUT2D eigenvalue weighted by atomic mass is 79.9. The second kappa shape index (κ2) is 7.40. The van der Waals surface area contributed by atoms with Crippen LogP contribution in [0.2, 0.25) is 0 Å². The summed E-state index contributed by atoms with van der Waals surface area (Å²) in [5.74, 6) is -0.628. The first kappa shape index (κ1) is 16.4. The van der Waals surface area contributed by atoms with Crippen molar-refractivity contribution in [3.8, 4) is 0 Å². The Kier molecular flexibility index (Phi) is 5.05. The third kappa shape index (κ3) is 3.89. The van der Waals surface area contributed by atoms with E-state index in [2.05, 4.69) is 21.0 Å². The van der Waals surface area contributed by atoms with E-state index in [9.17, 15) is 9.59 Å². The van der Waals surface area contributed by atoms with E-state index in [0.717, 1.165) is 10.0 Å². The van der Waals surface area contributed by atoms with Crippen LogP contribution in [0.25, 0.3) is 0 Å². The van der Waals surface area contributed by atoms with Crippen LogP contribution in [0, 0.1) is 0 Å². The zero-order valence-corrected chi connectivity index (χ0v) is 14.4. The van der Waals surface area contributed by atoms with Gasteiger partial charge in [0, 0.05) is 17.3 Å². The second-order valence-electron chi connectivity index (χ2n) is 5.29. The minimum atomic E-state index is -0.494. The van der Waals surface area contributed by atoms with Gasteiger partial charge < -0.3 is 4.74 Å². The van der Waals surface area contributed by atoms with Crippen molar-refractivity contribution in [2.45, 2.75) is 19.4 Å². The number of hydrogen-bond donors (Lipinski definition) is 0. The number of esters is 1. The van der Waals surface area contributed by atoms with Crippen molar-refractivity contribution >= 4 is 39.2 Å². The van der Waals surface area contributed by atoms with Gasteiger partial charge in [-0.1, -0.05) is 46.3 Å². The Morgan fingerprint density at radius 2 is 1.79 bits per heavy atom. The summed E-state index contributed by atoms with van der Waals surface area (Å²) >= 11 is 3.36. The number of halogens is 1. The summed E-state index contributed by atoms with van der Waals surface area (Å²) in [6, 6.07) is 16.6. The van der Waals surface area contributed by atoms with Crippen LogP contribution in [0.5, 0.6) is 0 Å². The van der Waals surface area contributed by atoms with Gasteiger partial charge in [-0.2, -0.15) is 5.10 Å². The monoisotopic (exact) mass is 386 g/mol. The van der Waals surface area contributed by atoms with Crippen LogP contribution < -0.4 is 5.01 Å². The molecule has 0 saturated carbocycles. The zero-order valence-electron chi connectivity index (χ0n) is 12.8. The molecular formula is C18H15BrN2O3. The minimum absolute atomic E-state index is 0.134. The smallest absolute Gasteiger partial charge is 0.354 e. The van der Waals surface area contributed by atoms with Crippen LogP contribution in [0.1, 0.15) is 18.4 Å². The summed E-state index contributed by atoms with van der Waals surface area (Å²) in [5.41, 5.74) is 1.79. The summed E-state index contributed by atoms with van der Waals surface area (Å²) in [6.45, 7) is 0.171. The normalized spacial score (nSPS) is 14.3. The maximum atomic E-state index is 12.2. The van der Waals surface area contributed by atoms with Crippen LogP contribution in [-0.4, -0.2) is 17.6 Å². The fraction of sp³-hybridized carbons (Fsp3) is 0.167. The molecule has 0 fully saturated rings. The molecule has 0 aliphatic carbocycles. The number of ether oxygens (including phenoxy) is 1. The van der Waals surface area contributed by atoms with Crippen molar-refractivity contribution in [2.24, 2.45) is 5.10 Å². The van der Waals surface area contributed by atoms with Gasteiger partial charge in [0.05, 0.1) is 5.69 Å². The van der Waals surface area contributed by atoms with Gasteiger partial charge in [0.25, 0.3) is 0 Å². The summed E-state index contributed by atoms with van der Waals surface area (Å²) in [5, 5.41) is 5.44. The molecule has 6 heteroatoms. The number of carbonyl (C=O) groups is 2. The molecule has 2 aromatic rings. The second-order valence-corrected chi connectivity index (χ2v) is 6.21. The lowest BCUT2D eigenvalue weighted by atomic mass is 10.1. The van der Waals surface area contributed by atoms with Crippen molar-refractivity contribution < 1.29 is 14.3 Å². The average molecular weight is 387 g/mol. The average Bonchev–Trinajstić information content (AvgIpc) is 2.62. The van der Waals surface area contributed by atoms with E-state index in [1.54, 1.807) is 12.1 Å². The fourth-order valence-electron chi connectivity index (χ4n) is 2.28. The molecule has 0 radical (unpaired) electrons. The third-order valence-corrected chi connectivity index (χ3v) is 4.08. The van der Waals surface area contributed by atoms with Crippen molar-refractivity contribution in [1.82, 2.24) is 0 Å². The summed E-state index contributed by atoms with van der Waals surface area (Å²) in [4.78, 5) is 24.3. The highest BCUT2D eigenvalue weighted by molar-refractivity contribution is 9.10. The van der Waals surface area contributed by atoms with E-state index < -0.39 is 5.97 Å². The molecule has 0 atom stereocenters. The Bertz CT molecular complexity index is 773. The summed E-state index contributed by atoms with van der Waals surface area (Å²) < 4.78 is 6.27. The number of carbonyl (C=O) groups excluding carboxylic acids is 2. The molecule has 0 spiro atoms. The van der Waals surface area contributed by atoms with Crippen molar-refractivity contribution in [2.75, 3.05) is 5.01 Å². The van der Waals surface area contributed by atoms with Gasteiger partial charge in [-0.05, 0) is 29.8 Å². The van der Waals surface area contributed by atoms with E-state index in [-0.39, 0.29) is 24.6 Å². The van der Waals surface area contributed by atoms with E-state index in [0.29, 0.717) is 12.1 Å². The van der Waals surface area contributed by atoms with Crippen LogP contribution in [0.4, 0.5) is 5.69 Å². The summed E-state index contributed by atoms with van der Waals surface area (Å²) in [6.07, 6.45) is 0.530. The van der Waals surface area contributed by atoms with Crippen LogP contribution >= 0.6 is 15.9 Å². The number of nitrogens with zero attached hydrogens (tertiary/aromatic N) is 2. The van der Waals surface area contributed by atoms with Crippen molar-refractivity contribution in [3.63, 3.8) is 0 Å². The SMILES string of the molecule is O=C(OCc1ccc(Br)cc1)C1=NN(c2ccccc2)C(=O)CC1. The van der Waals surface area contributed by atoms with Gasteiger partial charge in [-0.15, -0.1) is 0 Å². The predicted molar refractivity (Wildman–Crippen MR) is 94.5 cm³/mol. The first-order valence-corrected chi connectivity index (χ1v) is 8.30. The molecule has 1 amide bonds. The van der Waals surface area contributed by atoms with Crippen LogP contribution in [0.3, 0.4) is 0 Å². The van der Waals surface area contributed by atoms with Crippen LogP contribution in [0.15, 0.2) is 64.2 Å². The maximum absolute atomic E-state index is 12.2. The molecule has 24 heavy (non-hydrogen) atoms. The first-order valence-electron chi connectivity index (χ1n) is 7.50. The number of benzene rings is 2. The Labute approximate surface area is 148 Å². The standard InChI is InChI=1S/C18H15BrN2O3/c19-14-8-6-13(7-9-14)12-24-18(23)16-10-11-17(22)21(20-16)15-4-2-1-3-5-15/h1-9H,10-12H2. The molecule has 5 nitrogen and oxygen atoms in total. The molecule has 1 aliphatic rings. The molecule has 0 unspecified atom stereocenters. The highest BCUT2D eigenvalue weighted by Crippen LogP contribution is 2.20. The molecule has 0 bridgehead atoms. The molecule has 122 valence electrons. The van der Waals surface area contributed by atoms with Gasteiger partial charge in [0.15, 0.2) is 0 Å². The number of amides is 1. The Balaban J connectivity index is 1.69. The molecular weight excluding hydrogens is 372 g/mol. The maximum Gasteiger partial charge on any atom is 0.354 e. The molecule has 0 saturated heterocycles. The number of anilines is 1. The third-order valence-electron chi connectivity index (χ3n) is 3.55. The lowest BCUT2D eigenvalue weighted by Crippen LogP contribution is -2.34. The minimum Gasteiger partial charge on any atom is -0.456 e. The van der Waals surface area contributed by atoms with Gasteiger partial charge in [0.1, 0.15) is 12.3 Å². The number of hydrazone groups is 1. The van der Waals surface area contributed by atoms with Crippen LogP contribution in [-0.2, 0) is 20.9 Å². The van der Waals surface area contributed by atoms with E-state index in [1.807, 2.05) is 42.5 Å². The Hall–Kier alpha value is -2.47. The first-order chi connectivity index (χ1) is 11.6. The molecule has 3 rings (SSSR count). The Morgan fingerprint density at radius 1 is 1.08 bits per heavy atom. The molecule has 1 heterocycles. The van der Waals surface area contributed by atoms with Gasteiger partial charge in [-0.25, -0.2) is 9.80 Å². The lowest BCUT2D eigenvalue weighted by Gasteiger charge is -2.22. The zero-order chi connectivity index (χ0) is 16.9. The molecule has 0 N–H and O–H groups in total. The van der Waals surface area contributed by atoms with E-state index >= 15 is 0 Å². The lowest BCUT2D eigenvalue weighted by molar-refractivity contribution is -0.137. The quantitative estimate of drug-likeness (QED) is 0.753. The van der Waals surface area contributed by atoms with E-state index in [1.165, 1.54) is 5.01 Å². The van der Waals surface area contributed by atoms with Gasteiger partial charge in [-0.3, -0.25) is 4.79 Å². The topological polar surface area (TPSA) is 59.0 Å². The van der Waals surface area contributed by atoms with E-state index in [4.69, 9.17) is 4.74 Å². The number of para-hydroxylation sites is 1. The molecule has 0 aromatic heterocycles. The fourth-order valence-corrected chi connectivity index (χ4v) is 2.55. The largest absolute Gasteiger partial charge is 0.456 e. The number of hydrogen-bond acceptors (Lipinski definition) is 4. The van der Waals surface area contributed by atoms with Gasteiger partial charge in [0.2, 0.25) is 5.91 Å². The molecule has 2 aromatic carbocycles. The number of rotatable bonds is 4. The predicted octanol–water partition coefficient (Wildman–Crippen LogP) is 3.68. The van der Waals surface area contributed by atoms with Gasteiger partial charge >= 0.3 is 5.97 Å². The molecule has 1 aliphatic heterocycles. The van der Waals surface area contributed by atoms with Crippen molar-refractivity contribution in [3.05, 3.63) is 64.6 Å². The Morgan fingerprint density at radius 3 is 2.50 bits per heavy atom. The summed E-state index contributed by atoms with van der Waals surface area (Å²) in [7, 11) is 0.